The number of hydrogen-bond acceptors (Lipinski definition) is 16. The van der Waals surface area contributed by atoms with E-state index < -0.39 is 96.6 Å². The van der Waals surface area contributed by atoms with Gasteiger partial charge in [0.1, 0.15) is 48.7 Å². The van der Waals surface area contributed by atoms with E-state index in [-0.39, 0.29) is 101 Å². The lowest BCUT2D eigenvalue weighted by Crippen LogP contribution is -2.61. The molecule has 3 aliphatic heterocycles. The highest BCUT2D eigenvalue weighted by molar-refractivity contribution is 8.00. The summed E-state index contributed by atoms with van der Waals surface area (Å²) in [6, 6.07) is 11.3. The summed E-state index contributed by atoms with van der Waals surface area (Å²) in [6.45, 7) is -0.109. The predicted molar refractivity (Wildman–Crippen MR) is 339 cm³/mol. The molecular formula is C63H80FN15O13S. The van der Waals surface area contributed by atoms with Gasteiger partial charge in [-0.15, -0.1) is 5.10 Å². The lowest BCUT2D eigenvalue weighted by atomic mass is 10.00. The largest absolute Gasteiger partial charge is 0.394 e. The Morgan fingerprint density at radius 3 is 1.94 bits per heavy atom. The Hall–Kier alpha value is -8.97. The molecule has 3 aromatic carbocycles. The van der Waals surface area contributed by atoms with Crippen LogP contribution in [0, 0.1) is 5.82 Å². The number of benzene rings is 3. The number of urea groups is 1. The number of fused-ring (bicyclic) bond motifs is 5. The molecule has 28 nitrogen and oxygen atoms in total. The molecular weight excluding hydrogens is 1230 g/mol. The summed E-state index contributed by atoms with van der Waals surface area (Å²) in [4.78, 5) is 130. The maximum absolute atomic E-state index is 15.0. The van der Waals surface area contributed by atoms with Crippen LogP contribution in [-0.4, -0.2) is 195 Å². The number of H-pyrrole nitrogens is 2. The van der Waals surface area contributed by atoms with Gasteiger partial charge in [-0.3, -0.25) is 43.0 Å². The van der Waals surface area contributed by atoms with Crippen molar-refractivity contribution in [2.75, 3.05) is 58.5 Å². The highest BCUT2D eigenvalue weighted by atomic mass is 32.2. The predicted octanol–water partition coefficient (Wildman–Crippen LogP) is 0.112. The van der Waals surface area contributed by atoms with Crippen LogP contribution in [-0.2, 0) is 84.8 Å². The zero-order chi connectivity index (χ0) is 65.6. The SMILES string of the molecule is NC(=O)[C@@H]1CCCCn2cc(nn2)C[C@H](NC(=O)COCCOCCOCCNC(=O)CCCCC2SC[C@@H]3NC(=O)N[C@H]23)C(=O)N[C@H](CO)C(=O)N[C@H](Cc2c[nH]c3ccccc23)C(=O)N[C@H](Cc2c[nH]c3ccccc23)C(=O)N[C@@H](Cc2ccc(F)cc2)C(=O)N1. The average Bonchev–Trinajstić information content (AvgIpc) is 1.75. The molecule has 0 saturated carbocycles. The number of nitrogens with zero attached hydrogens (tertiary/aromatic N) is 3. The van der Waals surface area contributed by atoms with Gasteiger partial charge in [0, 0.05) is 96.6 Å². The van der Waals surface area contributed by atoms with Crippen molar-refractivity contribution in [1.29, 1.82) is 0 Å². The van der Waals surface area contributed by atoms with Gasteiger partial charge in [-0.25, -0.2) is 9.18 Å². The third-order valence-corrected chi connectivity index (χ3v) is 17.8. The average molecular weight is 1310 g/mol. The van der Waals surface area contributed by atoms with Crippen molar-refractivity contribution >= 4 is 86.9 Å². The first-order valence-electron chi connectivity index (χ1n) is 31.2. The van der Waals surface area contributed by atoms with E-state index in [4.69, 9.17) is 19.9 Å². The number of aliphatic hydroxyl groups excluding tert-OH is 1. The number of rotatable bonds is 25. The molecule has 2 saturated heterocycles. The lowest BCUT2D eigenvalue weighted by molar-refractivity contribution is -0.136. The molecule has 3 aliphatic rings. The molecule has 10 amide bonds. The number of aromatic nitrogens is 5. The molecule has 0 spiro atoms. The Morgan fingerprint density at radius 2 is 1.28 bits per heavy atom. The fourth-order valence-corrected chi connectivity index (χ4v) is 13.0. The van der Waals surface area contributed by atoms with Gasteiger partial charge >= 0.3 is 6.03 Å². The second kappa shape index (κ2) is 34.1. The van der Waals surface area contributed by atoms with Crippen molar-refractivity contribution in [3.05, 3.63) is 120 Å². The van der Waals surface area contributed by atoms with Gasteiger partial charge in [0.15, 0.2) is 0 Å². The molecule has 0 radical (unpaired) electrons. The third kappa shape index (κ3) is 20.0. The van der Waals surface area contributed by atoms with Gasteiger partial charge in [-0.2, -0.15) is 11.8 Å². The Balaban J connectivity index is 0.847. The van der Waals surface area contributed by atoms with Crippen LogP contribution >= 0.6 is 11.8 Å². The van der Waals surface area contributed by atoms with Crippen LogP contribution in [0.25, 0.3) is 21.8 Å². The molecule has 498 valence electrons. The standard InChI is InChI=1S/C63H80FN15O13S/c64-40-18-16-37(17-19-40)27-47-58(84)70-46(57(65)83)13-7-8-21-79-33-41(77-78-79)30-50(69-55(82)35-92-26-25-91-24-23-90-22-20-66-54(81)15-6-5-14-53-56-52(36-93-53)75-63(89)76-56)61(87)74-51(34-80)62(88)73-49(29-39-32-68-45-12-4-2-10-43(39)45)60(86)72-48(59(85)71-47)28-38-31-67-44-11-3-1-9-42(38)44/h1-4,9-12,16-19,31-33,46-53,56,67-68,80H,5-8,13-15,20-30,34-36H2,(H2,65,83)(H,66,81)(H,69,82)(H,70,84)(H,71,85)(H,72,86)(H,73,88)(H,74,87)(H2,75,76,89)/t46-,47-,48+,49+,50-,51+,52-,53?,56-/m0/s1. The number of nitrogens with one attached hydrogen (secondary N) is 11. The van der Waals surface area contributed by atoms with Crippen molar-refractivity contribution in [1.82, 2.24) is 72.8 Å². The topological polar surface area (TPSA) is 398 Å². The van der Waals surface area contributed by atoms with E-state index >= 15 is 4.79 Å². The van der Waals surface area contributed by atoms with E-state index in [2.05, 4.69) is 68.1 Å². The van der Waals surface area contributed by atoms with Crippen LogP contribution in [0.15, 0.2) is 91.4 Å². The van der Waals surface area contributed by atoms with Crippen LogP contribution < -0.4 is 53.6 Å². The number of carbonyl (C=O) groups excluding carboxylic acids is 9. The number of para-hydroxylation sites is 2. The highest BCUT2D eigenvalue weighted by Gasteiger charge is 2.43. The van der Waals surface area contributed by atoms with Crippen LogP contribution in [0.1, 0.15) is 67.3 Å². The van der Waals surface area contributed by atoms with Crippen LogP contribution in [0.2, 0.25) is 0 Å². The Kier molecular flexibility index (Phi) is 25.1. The summed E-state index contributed by atoms with van der Waals surface area (Å²) in [5, 5.41) is 45.8. The van der Waals surface area contributed by atoms with E-state index in [1.807, 2.05) is 48.2 Å². The first kappa shape index (κ1) is 68.4. The number of aliphatic hydroxyl groups is 1. The Morgan fingerprint density at radius 1 is 0.677 bits per heavy atom. The lowest BCUT2D eigenvalue weighted by Gasteiger charge is -2.27. The molecule has 6 heterocycles. The molecule has 0 aliphatic carbocycles. The monoisotopic (exact) mass is 1310 g/mol. The molecule has 2 fully saturated rings. The van der Waals surface area contributed by atoms with Crippen molar-refractivity contribution in [2.45, 2.75) is 131 Å². The van der Waals surface area contributed by atoms with Crippen molar-refractivity contribution in [3.63, 3.8) is 0 Å². The number of carbonyl (C=O) groups is 9. The number of ether oxygens (including phenoxy) is 3. The second-order valence-corrected chi connectivity index (χ2v) is 24.4. The van der Waals surface area contributed by atoms with Gasteiger partial charge in [-0.1, -0.05) is 60.2 Å². The number of nitrogens with two attached hydrogens (primary N) is 1. The smallest absolute Gasteiger partial charge is 0.315 e. The van der Waals surface area contributed by atoms with Crippen LogP contribution in [0.3, 0.4) is 0 Å². The zero-order valence-electron chi connectivity index (χ0n) is 51.3. The van der Waals surface area contributed by atoms with Crippen molar-refractivity contribution in [3.8, 4) is 0 Å². The minimum absolute atomic E-state index is 0.0139. The van der Waals surface area contributed by atoms with E-state index in [0.717, 1.165) is 35.9 Å². The number of hydrogen-bond donors (Lipinski definition) is 13. The fraction of sp³-hybridized carbons (Fsp3) is 0.476. The first-order chi connectivity index (χ1) is 45.1. The van der Waals surface area contributed by atoms with E-state index in [9.17, 15) is 47.9 Å². The Labute approximate surface area is 539 Å². The van der Waals surface area contributed by atoms with Crippen LogP contribution in [0.4, 0.5) is 9.18 Å². The maximum Gasteiger partial charge on any atom is 0.315 e. The van der Waals surface area contributed by atoms with Crippen molar-refractivity contribution < 1.29 is 66.9 Å². The Bertz CT molecular complexity index is 3550. The van der Waals surface area contributed by atoms with E-state index in [1.165, 1.54) is 35.1 Å². The van der Waals surface area contributed by atoms with E-state index in [0.29, 0.717) is 58.7 Å². The van der Waals surface area contributed by atoms with Gasteiger partial charge in [-0.05, 0) is 73.1 Å². The number of halogens is 1. The van der Waals surface area contributed by atoms with Gasteiger partial charge in [0.2, 0.25) is 47.3 Å². The minimum Gasteiger partial charge on any atom is -0.394 e. The third-order valence-electron chi connectivity index (χ3n) is 16.3. The first-order valence-corrected chi connectivity index (χ1v) is 32.3. The minimum atomic E-state index is -1.71. The maximum atomic E-state index is 15.0. The highest BCUT2D eigenvalue weighted by Crippen LogP contribution is 2.33. The normalized spacial score (nSPS) is 22.7. The van der Waals surface area contributed by atoms with Gasteiger partial charge in [0.25, 0.3) is 0 Å². The molecule has 93 heavy (non-hydrogen) atoms. The molecule has 1 unspecified atom stereocenters. The summed E-state index contributed by atoms with van der Waals surface area (Å²) in [6.07, 6.45) is 7.84. The number of amides is 10. The fourth-order valence-electron chi connectivity index (χ4n) is 11.4. The molecule has 30 heteroatoms. The van der Waals surface area contributed by atoms with Crippen LogP contribution in [0.5, 0.6) is 0 Å². The molecule has 9 rings (SSSR count). The molecule has 2 bridgehead atoms. The summed E-state index contributed by atoms with van der Waals surface area (Å²) < 4.78 is 32.4. The van der Waals surface area contributed by atoms with Gasteiger partial charge < -0.3 is 82.9 Å². The molecule has 14 N–H and O–H groups in total. The molecule has 3 aromatic heterocycles. The molecule has 9 atom stereocenters. The second-order valence-electron chi connectivity index (χ2n) is 23.1. The quantitative estimate of drug-likeness (QED) is 0.0267. The summed E-state index contributed by atoms with van der Waals surface area (Å²) in [5.41, 5.74) is 9.15. The zero-order valence-corrected chi connectivity index (χ0v) is 52.1. The van der Waals surface area contributed by atoms with Crippen molar-refractivity contribution in [2.24, 2.45) is 5.73 Å². The number of unbranched alkanes of at least 4 members (excludes halogenated alkanes) is 1. The summed E-state index contributed by atoms with van der Waals surface area (Å²) in [5.74, 6) is -5.73. The number of aryl methyl sites for hydroxylation is 1. The number of primary amides is 1. The number of thioether (sulfide) groups is 1. The molecule has 6 aromatic rings. The summed E-state index contributed by atoms with van der Waals surface area (Å²) in [7, 11) is 0. The number of aromatic amines is 2. The van der Waals surface area contributed by atoms with E-state index in [1.54, 1.807) is 24.5 Å². The van der Waals surface area contributed by atoms with Gasteiger partial charge in [0.05, 0.1) is 57.4 Å². The summed E-state index contributed by atoms with van der Waals surface area (Å²) >= 11 is 1.85.